The van der Waals surface area contributed by atoms with Crippen molar-refractivity contribution in [3.05, 3.63) is 23.2 Å². The maximum absolute atomic E-state index is 12.1. The van der Waals surface area contributed by atoms with Crippen LogP contribution in [0.4, 0.5) is 5.69 Å². The van der Waals surface area contributed by atoms with E-state index in [0.717, 1.165) is 13.0 Å². The van der Waals surface area contributed by atoms with E-state index in [0.29, 0.717) is 36.2 Å². The lowest BCUT2D eigenvalue weighted by molar-refractivity contribution is -0.128. The van der Waals surface area contributed by atoms with Crippen LogP contribution < -0.4 is 15.4 Å². The summed E-state index contributed by atoms with van der Waals surface area (Å²) in [5.41, 5.74) is 0.574. The first-order valence-corrected chi connectivity index (χ1v) is 7.14. The highest BCUT2D eigenvalue weighted by Gasteiger charge is 2.22. The monoisotopic (exact) mass is 298 g/mol. The predicted octanol–water partition coefficient (Wildman–Crippen LogP) is 2.06. The highest BCUT2D eigenvalue weighted by atomic mass is 35.5. The summed E-state index contributed by atoms with van der Waals surface area (Å²) < 4.78 is 11.0. The van der Waals surface area contributed by atoms with Gasteiger partial charge in [-0.25, -0.2) is 0 Å². The molecule has 1 amide bonds. The molecule has 6 heteroatoms. The number of rotatable bonds is 5. The number of hydrogen-bond donors (Lipinski definition) is 2. The van der Waals surface area contributed by atoms with Crippen LogP contribution in [0.25, 0.3) is 0 Å². The molecule has 0 aliphatic carbocycles. The van der Waals surface area contributed by atoms with E-state index >= 15 is 0 Å². The molecule has 20 heavy (non-hydrogen) atoms. The summed E-state index contributed by atoms with van der Waals surface area (Å²) in [6.07, 6.45) is 0.410. The van der Waals surface area contributed by atoms with Gasteiger partial charge in [0.15, 0.2) is 0 Å². The van der Waals surface area contributed by atoms with Gasteiger partial charge in [0, 0.05) is 18.1 Å². The number of hydrogen-bond acceptors (Lipinski definition) is 4. The molecule has 0 bridgehead atoms. The van der Waals surface area contributed by atoms with Crippen molar-refractivity contribution in [3.8, 4) is 5.75 Å². The second kappa shape index (κ2) is 7.47. The van der Waals surface area contributed by atoms with Crippen molar-refractivity contribution >= 4 is 23.2 Å². The van der Waals surface area contributed by atoms with Gasteiger partial charge >= 0.3 is 0 Å². The maximum Gasteiger partial charge on any atom is 0.254 e. The lowest BCUT2D eigenvalue weighted by Crippen LogP contribution is -2.45. The van der Waals surface area contributed by atoms with Crippen LogP contribution in [0.3, 0.4) is 0 Å². The topological polar surface area (TPSA) is 59.6 Å². The van der Waals surface area contributed by atoms with Crippen LogP contribution in [0.1, 0.15) is 13.3 Å². The Morgan fingerprint density at radius 3 is 3.15 bits per heavy atom. The van der Waals surface area contributed by atoms with Gasteiger partial charge in [0.25, 0.3) is 5.91 Å². The molecule has 0 radical (unpaired) electrons. The van der Waals surface area contributed by atoms with E-state index in [1.54, 1.807) is 18.2 Å². The van der Waals surface area contributed by atoms with E-state index in [-0.39, 0.29) is 5.91 Å². The Balaban J connectivity index is 2.06. The van der Waals surface area contributed by atoms with Gasteiger partial charge in [0.05, 0.1) is 18.9 Å². The Hall–Kier alpha value is -1.30. The highest BCUT2D eigenvalue weighted by Crippen LogP contribution is 2.28. The van der Waals surface area contributed by atoms with Crippen LogP contribution >= 0.6 is 11.6 Å². The number of amides is 1. The average molecular weight is 299 g/mol. The largest absolute Gasteiger partial charge is 0.491 e. The van der Waals surface area contributed by atoms with Crippen LogP contribution in [-0.4, -0.2) is 38.3 Å². The molecular weight excluding hydrogens is 280 g/mol. The number of nitrogens with one attached hydrogen (secondary N) is 2. The fourth-order valence-corrected chi connectivity index (χ4v) is 2.06. The van der Waals surface area contributed by atoms with E-state index in [9.17, 15) is 4.79 Å². The van der Waals surface area contributed by atoms with Gasteiger partial charge in [-0.15, -0.1) is 0 Å². The fourth-order valence-electron chi connectivity index (χ4n) is 1.88. The van der Waals surface area contributed by atoms with Gasteiger partial charge in [0.2, 0.25) is 0 Å². The third-order valence-corrected chi connectivity index (χ3v) is 3.12. The van der Waals surface area contributed by atoms with Gasteiger partial charge in [-0.3, -0.25) is 4.79 Å². The van der Waals surface area contributed by atoms with Gasteiger partial charge in [-0.05, 0) is 24.6 Å². The molecule has 1 aromatic carbocycles. The van der Waals surface area contributed by atoms with Crippen molar-refractivity contribution in [1.29, 1.82) is 0 Å². The minimum Gasteiger partial charge on any atom is -0.491 e. The Kier molecular flexibility index (Phi) is 5.64. The Morgan fingerprint density at radius 2 is 2.45 bits per heavy atom. The summed E-state index contributed by atoms with van der Waals surface area (Å²) in [6.45, 7) is 4.43. The van der Waals surface area contributed by atoms with Crippen molar-refractivity contribution in [2.45, 2.75) is 19.4 Å². The molecule has 1 saturated heterocycles. The van der Waals surface area contributed by atoms with Gasteiger partial charge in [-0.2, -0.15) is 0 Å². The van der Waals surface area contributed by atoms with E-state index < -0.39 is 6.10 Å². The van der Waals surface area contributed by atoms with Gasteiger partial charge < -0.3 is 20.1 Å². The zero-order valence-corrected chi connectivity index (χ0v) is 12.2. The molecule has 1 unspecified atom stereocenters. The van der Waals surface area contributed by atoms with Crippen molar-refractivity contribution < 1.29 is 14.3 Å². The second-order valence-corrected chi connectivity index (χ2v) is 4.98. The molecule has 2 rings (SSSR count). The molecule has 1 aliphatic rings. The quantitative estimate of drug-likeness (QED) is 0.873. The third-order valence-electron chi connectivity index (χ3n) is 2.88. The number of ether oxygens (including phenoxy) is 2. The summed E-state index contributed by atoms with van der Waals surface area (Å²) in [5, 5.41) is 6.48. The first-order chi connectivity index (χ1) is 9.70. The van der Waals surface area contributed by atoms with Gasteiger partial charge in [0.1, 0.15) is 11.9 Å². The number of morpholine rings is 1. The number of anilines is 1. The van der Waals surface area contributed by atoms with E-state index in [1.165, 1.54) is 0 Å². The standard InChI is InChI=1S/C14H19ClN2O3/c1-2-6-19-12-4-3-10(15)8-11(12)17-14(18)13-9-16-5-7-20-13/h3-4,8,13,16H,2,5-7,9H2,1H3,(H,17,18). The molecule has 1 atom stereocenters. The summed E-state index contributed by atoms with van der Waals surface area (Å²) in [5.74, 6) is 0.425. The van der Waals surface area contributed by atoms with Crippen molar-refractivity contribution in [2.24, 2.45) is 0 Å². The molecule has 0 aromatic heterocycles. The molecule has 0 spiro atoms. The SMILES string of the molecule is CCCOc1ccc(Cl)cc1NC(=O)C1CNCCO1. The summed E-state index contributed by atoms with van der Waals surface area (Å²) in [6, 6.07) is 5.18. The highest BCUT2D eigenvalue weighted by molar-refractivity contribution is 6.31. The fraction of sp³-hybridized carbons (Fsp3) is 0.500. The van der Waals surface area contributed by atoms with Crippen LogP contribution in [0, 0.1) is 0 Å². The molecule has 1 aromatic rings. The van der Waals surface area contributed by atoms with Gasteiger partial charge in [-0.1, -0.05) is 18.5 Å². The lowest BCUT2D eigenvalue weighted by Gasteiger charge is -2.23. The minimum atomic E-state index is -0.484. The normalized spacial score (nSPS) is 18.6. The Labute approximate surface area is 123 Å². The Morgan fingerprint density at radius 1 is 1.60 bits per heavy atom. The molecule has 2 N–H and O–H groups in total. The molecule has 1 heterocycles. The van der Waals surface area contributed by atoms with Crippen LogP contribution in [0.2, 0.25) is 5.02 Å². The van der Waals surface area contributed by atoms with Crippen LogP contribution in [0.5, 0.6) is 5.75 Å². The number of halogens is 1. The average Bonchev–Trinajstić information content (AvgIpc) is 2.47. The molecule has 1 fully saturated rings. The summed E-state index contributed by atoms with van der Waals surface area (Å²) in [7, 11) is 0. The molecule has 1 aliphatic heterocycles. The van der Waals surface area contributed by atoms with Crippen molar-refractivity contribution in [1.82, 2.24) is 5.32 Å². The summed E-state index contributed by atoms with van der Waals surface area (Å²) >= 11 is 5.97. The van der Waals surface area contributed by atoms with E-state index in [1.807, 2.05) is 6.92 Å². The zero-order chi connectivity index (χ0) is 14.4. The smallest absolute Gasteiger partial charge is 0.254 e. The van der Waals surface area contributed by atoms with E-state index in [4.69, 9.17) is 21.1 Å². The molecule has 5 nitrogen and oxygen atoms in total. The molecule has 0 saturated carbocycles. The number of carbonyl (C=O) groups is 1. The number of benzene rings is 1. The minimum absolute atomic E-state index is 0.194. The molecule has 110 valence electrons. The van der Waals surface area contributed by atoms with Crippen LogP contribution in [0.15, 0.2) is 18.2 Å². The summed E-state index contributed by atoms with van der Waals surface area (Å²) in [4.78, 5) is 12.1. The second-order valence-electron chi connectivity index (χ2n) is 4.54. The first kappa shape index (κ1) is 15.1. The lowest BCUT2D eigenvalue weighted by atomic mass is 10.2. The molecular formula is C14H19ClN2O3. The maximum atomic E-state index is 12.1. The predicted molar refractivity (Wildman–Crippen MR) is 78.5 cm³/mol. The number of carbonyl (C=O) groups excluding carboxylic acids is 1. The third kappa shape index (κ3) is 4.10. The van der Waals surface area contributed by atoms with Crippen molar-refractivity contribution in [3.63, 3.8) is 0 Å². The van der Waals surface area contributed by atoms with E-state index in [2.05, 4.69) is 10.6 Å². The first-order valence-electron chi connectivity index (χ1n) is 6.76. The van der Waals surface area contributed by atoms with Crippen molar-refractivity contribution in [2.75, 3.05) is 31.6 Å². The van der Waals surface area contributed by atoms with Crippen LogP contribution in [-0.2, 0) is 9.53 Å². The Bertz CT molecular complexity index is 462. The zero-order valence-electron chi connectivity index (χ0n) is 11.4.